The number of ether oxygens (including phenoxy) is 2. The Kier molecular flexibility index (Phi) is 10.3. The zero-order valence-electron chi connectivity index (χ0n) is 20.8. The van der Waals surface area contributed by atoms with Crippen LogP contribution in [0.25, 0.3) is 6.08 Å². The number of benzene rings is 3. The van der Waals surface area contributed by atoms with E-state index in [2.05, 4.69) is 66.1 Å². The third kappa shape index (κ3) is 7.33. The summed E-state index contributed by atoms with van der Waals surface area (Å²) in [6.07, 6.45) is 1.75. The number of hydrogen-bond donors (Lipinski definition) is 1. The lowest BCUT2D eigenvalue weighted by Gasteiger charge is -2.12. The van der Waals surface area contributed by atoms with Gasteiger partial charge in [0.1, 0.15) is 28.7 Å². The first-order valence-electron chi connectivity index (χ1n) is 11.7. The summed E-state index contributed by atoms with van der Waals surface area (Å²) in [7, 11) is 0. The monoisotopic (exact) mass is 829 g/mol. The van der Waals surface area contributed by atoms with Crippen molar-refractivity contribution in [3.8, 4) is 5.75 Å². The van der Waals surface area contributed by atoms with Crippen LogP contribution in [-0.2, 0) is 16.1 Å². The number of rotatable bonds is 7. The highest BCUT2D eigenvalue weighted by atomic mass is 127. The van der Waals surface area contributed by atoms with Crippen LogP contribution >= 0.6 is 72.9 Å². The first-order chi connectivity index (χ1) is 18.7. The summed E-state index contributed by atoms with van der Waals surface area (Å²) in [5.41, 5.74) is 2.92. The van der Waals surface area contributed by atoms with Crippen LogP contribution in [0.1, 0.15) is 34.0 Å². The molecule has 0 spiro atoms. The molecule has 0 radical (unpaired) electrons. The summed E-state index contributed by atoms with van der Waals surface area (Å²) in [6.45, 7) is 4.04. The van der Waals surface area contributed by atoms with Crippen LogP contribution in [0.15, 0.2) is 86.4 Å². The molecule has 1 heterocycles. The Labute approximate surface area is 266 Å². The van der Waals surface area contributed by atoms with Crippen molar-refractivity contribution in [2.24, 2.45) is 4.99 Å². The molecule has 0 aliphatic carbocycles. The predicted molar refractivity (Wildman–Crippen MR) is 175 cm³/mol. The number of aliphatic hydroxyl groups is 1. The van der Waals surface area contributed by atoms with Crippen molar-refractivity contribution in [1.82, 2.24) is 0 Å². The summed E-state index contributed by atoms with van der Waals surface area (Å²) in [5, 5.41) is 11.1. The Morgan fingerprint density at radius 1 is 1.08 bits per heavy atom. The molecule has 200 valence electrons. The molecule has 3 aromatic rings. The number of carbonyl (C=O) groups is 2. The summed E-state index contributed by atoms with van der Waals surface area (Å²) in [5.74, 6) is -0.736. The van der Waals surface area contributed by atoms with E-state index < -0.39 is 11.9 Å². The van der Waals surface area contributed by atoms with Gasteiger partial charge in [0.25, 0.3) is 5.91 Å². The lowest BCUT2D eigenvalue weighted by molar-refractivity contribution is -0.138. The summed E-state index contributed by atoms with van der Waals surface area (Å²) < 4.78 is 14.0. The van der Waals surface area contributed by atoms with E-state index in [0.717, 1.165) is 45.8 Å². The average molecular weight is 830 g/mol. The van der Waals surface area contributed by atoms with Gasteiger partial charge in [0.05, 0.1) is 18.7 Å². The van der Waals surface area contributed by atoms with Gasteiger partial charge in [-0.1, -0.05) is 58.0 Å². The molecule has 1 N–H and O–H groups in total. The van der Waals surface area contributed by atoms with Crippen LogP contribution in [0.4, 0.5) is 0 Å². The zero-order valence-corrected chi connectivity index (χ0v) is 27.6. The fraction of sp³-hybridized carbons (Fsp3) is 0.138. The SMILES string of the molecule is CCOC(=O)C1=C(O)/C(=C/c2cc(I)c(OCc3ccc(Br)cc3)c(I)c2)SC1=NC(=O)c1ccccc1C. The second-order valence-electron chi connectivity index (χ2n) is 8.32. The van der Waals surface area contributed by atoms with E-state index >= 15 is 0 Å². The molecule has 0 atom stereocenters. The van der Waals surface area contributed by atoms with Gasteiger partial charge in [0.15, 0.2) is 0 Å². The Hall–Kier alpha value is -2.16. The number of aliphatic hydroxyl groups excluding tert-OH is 1. The minimum Gasteiger partial charge on any atom is -0.506 e. The number of amides is 1. The normalized spacial score (nSPS) is 15.2. The minimum absolute atomic E-state index is 0.101. The topological polar surface area (TPSA) is 85.2 Å². The van der Waals surface area contributed by atoms with Crippen molar-refractivity contribution >= 4 is 95.9 Å². The van der Waals surface area contributed by atoms with E-state index in [0.29, 0.717) is 17.1 Å². The molecule has 0 fully saturated rings. The third-order valence-electron chi connectivity index (χ3n) is 5.56. The third-order valence-corrected chi connectivity index (χ3v) is 8.71. The lowest BCUT2D eigenvalue weighted by Crippen LogP contribution is -2.14. The van der Waals surface area contributed by atoms with Gasteiger partial charge in [0, 0.05) is 10.0 Å². The second kappa shape index (κ2) is 13.5. The standard InChI is InChI=1S/C29H22BrI2NO5S/c1-3-37-29(36)24-25(34)23(39-28(24)33-27(35)20-7-5-4-6-16(20)2)14-18-12-21(31)26(22(32)13-18)38-15-17-8-10-19(30)11-9-17/h4-14,34H,3,15H2,1-2H3/b23-14-,33-28?. The first-order valence-corrected chi connectivity index (χ1v) is 15.5. The number of nitrogens with zero attached hydrogens (tertiary/aromatic N) is 1. The van der Waals surface area contributed by atoms with Crippen molar-refractivity contribution in [3.05, 3.63) is 111 Å². The fourth-order valence-corrected chi connectivity index (χ4v) is 7.05. The highest BCUT2D eigenvalue weighted by Gasteiger charge is 2.34. The first kappa shape index (κ1) is 29.8. The zero-order chi connectivity index (χ0) is 28.1. The summed E-state index contributed by atoms with van der Waals surface area (Å²) >= 11 is 8.93. The molecule has 3 aromatic carbocycles. The van der Waals surface area contributed by atoms with Crippen molar-refractivity contribution in [2.45, 2.75) is 20.5 Å². The maximum Gasteiger partial charge on any atom is 0.344 e. The average Bonchev–Trinajstić information content (AvgIpc) is 3.19. The maximum absolute atomic E-state index is 12.9. The Morgan fingerprint density at radius 2 is 1.74 bits per heavy atom. The molecule has 10 heteroatoms. The Morgan fingerprint density at radius 3 is 2.38 bits per heavy atom. The van der Waals surface area contributed by atoms with E-state index in [4.69, 9.17) is 9.47 Å². The molecule has 6 nitrogen and oxygen atoms in total. The van der Waals surface area contributed by atoms with Gasteiger partial charge in [-0.05, 0) is 112 Å². The fourth-order valence-electron chi connectivity index (χ4n) is 3.65. The minimum atomic E-state index is -0.733. The molecule has 0 saturated heterocycles. The van der Waals surface area contributed by atoms with Gasteiger partial charge in [0.2, 0.25) is 0 Å². The highest BCUT2D eigenvalue weighted by Crippen LogP contribution is 2.40. The van der Waals surface area contributed by atoms with Crippen LogP contribution in [-0.4, -0.2) is 28.6 Å². The van der Waals surface area contributed by atoms with Gasteiger partial charge in [-0.3, -0.25) is 4.79 Å². The summed E-state index contributed by atoms with van der Waals surface area (Å²) in [4.78, 5) is 30.2. The Bertz CT molecular complexity index is 1510. The second-order valence-corrected chi connectivity index (χ2v) is 12.6. The maximum atomic E-state index is 12.9. The molecular formula is C29H22BrI2NO5S. The quantitative estimate of drug-likeness (QED) is 0.191. The van der Waals surface area contributed by atoms with Crippen LogP contribution in [0.5, 0.6) is 5.75 Å². The van der Waals surface area contributed by atoms with Gasteiger partial charge in [-0.2, -0.15) is 0 Å². The number of esters is 1. The van der Waals surface area contributed by atoms with Gasteiger partial charge >= 0.3 is 5.97 Å². The number of aryl methyl sites for hydroxylation is 1. The van der Waals surface area contributed by atoms with Crippen LogP contribution in [0, 0.1) is 14.1 Å². The van der Waals surface area contributed by atoms with E-state index in [1.165, 1.54) is 0 Å². The summed E-state index contributed by atoms with van der Waals surface area (Å²) in [6, 6.07) is 18.9. The van der Waals surface area contributed by atoms with E-state index in [1.54, 1.807) is 25.1 Å². The number of carbonyl (C=O) groups excluding carboxylic acids is 2. The molecule has 0 aromatic heterocycles. The van der Waals surface area contributed by atoms with Crippen molar-refractivity contribution in [3.63, 3.8) is 0 Å². The van der Waals surface area contributed by atoms with Crippen molar-refractivity contribution in [2.75, 3.05) is 6.61 Å². The molecule has 0 saturated carbocycles. The van der Waals surface area contributed by atoms with Gasteiger partial charge < -0.3 is 14.6 Å². The van der Waals surface area contributed by atoms with Crippen molar-refractivity contribution in [1.29, 1.82) is 0 Å². The molecule has 39 heavy (non-hydrogen) atoms. The molecule has 1 aliphatic heterocycles. The van der Waals surface area contributed by atoms with Gasteiger partial charge in [-0.15, -0.1) is 0 Å². The smallest absolute Gasteiger partial charge is 0.344 e. The van der Waals surface area contributed by atoms with Crippen LogP contribution < -0.4 is 4.74 Å². The number of thioether (sulfide) groups is 1. The molecule has 0 bridgehead atoms. The van der Waals surface area contributed by atoms with E-state index in [9.17, 15) is 14.7 Å². The Balaban J connectivity index is 1.63. The molecule has 0 unspecified atom stereocenters. The van der Waals surface area contributed by atoms with E-state index in [1.807, 2.05) is 55.5 Å². The largest absolute Gasteiger partial charge is 0.506 e. The van der Waals surface area contributed by atoms with Gasteiger partial charge in [-0.25, -0.2) is 9.79 Å². The number of aliphatic imine (C=N–C) groups is 1. The highest BCUT2D eigenvalue weighted by molar-refractivity contribution is 14.1. The number of halogens is 3. The lowest BCUT2D eigenvalue weighted by atomic mass is 10.1. The van der Waals surface area contributed by atoms with Crippen LogP contribution in [0.3, 0.4) is 0 Å². The molecular weight excluding hydrogens is 808 g/mol. The predicted octanol–water partition coefficient (Wildman–Crippen LogP) is 8.25. The van der Waals surface area contributed by atoms with Crippen molar-refractivity contribution < 1.29 is 24.2 Å². The van der Waals surface area contributed by atoms with Crippen LogP contribution in [0.2, 0.25) is 0 Å². The molecule has 1 aliphatic rings. The van der Waals surface area contributed by atoms with E-state index in [-0.39, 0.29) is 23.0 Å². The molecule has 4 rings (SSSR count). The molecule has 1 amide bonds. The number of hydrogen-bond acceptors (Lipinski definition) is 6.